The minimum Gasteiger partial charge on any atom is -0.491 e. The van der Waals surface area contributed by atoms with Crippen LogP contribution >= 0.6 is 0 Å². The van der Waals surface area contributed by atoms with Gasteiger partial charge in [-0.2, -0.15) is 0 Å². The van der Waals surface area contributed by atoms with Gasteiger partial charge in [0, 0.05) is 42.8 Å². The molecule has 5 rings (SSSR count). The molecule has 1 saturated heterocycles. The third-order valence-corrected chi connectivity index (χ3v) is 6.56. The molecule has 1 N–H and O–H groups in total. The average Bonchev–Trinajstić information content (AvgIpc) is 3.46. The first kappa shape index (κ1) is 30.0. The van der Waals surface area contributed by atoms with Gasteiger partial charge in [0.05, 0.1) is 6.61 Å². The summed E-state index contributed by atoms with van der Waals surface area (Å²) in [6, 6.07) is 9.24. The summed E-state index contributed by atoms with van der Waals surface area (Å²) in [4.78, 5) is 31.2. The van der Waals surface area contributed by atoms with Crippen molar-refractivity contribution in [1.82, 2.24) is 15.0 Å². The van der Waals surface area contributed by atoms with Crippen LogP contribution in [0, 0.1) is 5.82 Å². The zero-order chi connectivity index (χ0) is 28.4. The largest absolute Gasteiger partial charge is 0.491 e. The highest BCUT2D eigenvalue weighted by molar-refractivity contribution is 5.99. The summed E-state index contributed by atoms with van der Waals surface area (Å²) in [5.74, 6) is 1.38. The molecule has 2 aromatic heterocycles. The fraction of sp³-hybridized carbons (Fsp3) is 0.467. The number of carbonyl (C=O) groups excluding carboxylic acids is 1. The first-order valence-corrected chi connectivity index (χ1v) is 13.9. The SMILES string of the molecule is CC.CC.CN(c1nc(-c2cc(OCCO)ccn2)nc2c1CCC2)C1CCCN(c2cccc(F)c2)C1=O. The quantitative estimate of drug-likeness (QED) is 0.442. The summed E-state index contributed by atoms with van der Waals surface area (Å²) in [7, 11) is 1.90. The third kappa shape index (κ3) is 6.89. The summed E-state index contributed by atoms with van der Waals surface area (Å²) < 4.78 is 19.4. The molecule has 39 heavy (non-hydrogen) atoms. The predicted molar refractivity (Wildman–Crippen MR) is 153 cm³/mol. The molecule has 0 radical (unpaired) electrons. The van der Waals surface area contributed by atoms with Gasteiger partial charge in [-0.05, 0) is 56.4 Å². The molecule has 1 aliphatic carbocycles. The van der Waals surface area contributed by atoms with Crippen LogP contribution in [0.3, 0.4) is 0 Å². The number of piperidine rings is 1. The van der Waals surface area contributed by atoms with Crippen molar-refractivity contribution < 1.29 is 19.0 Å². The van der Waals surface area contributed by atoms with Gasteiger partial charge >= 0.3 is 0 Å². The highest BCUT2D eigenvalue weighted by Crippen LogP contribution is 2.34. The van der Waals surface area contributed by atoms with E-state index in [4.69, 9.17) is 19.8 Å². The third-order valence-electron chi connectivity index (χ3n) is 6.56. The second-order valence-corrected chi connectivity index (χ2v) is 8.84. The van der Waals surface area contributed by atoms with Crippen LogP contribution in [0.4, 0.5) is 15.9 Å². The Morgan fingerprint density at radius 2 is 1.90 bits per heavy atom. The van der Waals surface area contributed by atoms with Crippen molar-refractivity contribution in [3.63, 3.8) is 0 Å². The summed E-state index contributed by atoms with van der Waals surface area (Å²) in [5, 5.41) is 9.05. The molecule has 1 amide bonds. The van der Waals surface area contributed by atoms with Crippen molar-refractivity contribution >= 4 is 17.4 Å². The number of pyridine rings is 1. The molecule has 1 aliphatic heterocycles. The van der Waals surface area contributed by atoms with Crippen LogP contribution in [0.15, 0.2) is 42.6 Å². The number of hydrogen-bond donors (Lipinski definition) is 1. The lowest BCUT2D eigenvalue weighted by molar-refractivity contribution is -0.120. The number of benzene rings is 1. The van der Waals surface area contributed by atoms with E-state index in [0.717, 1.165) is 42.8 Å². The van der Waals surface area contributed by atoms with E-state index in [2.05, 4.69) is 4.98 Å². The van der Waals surface area contributed by atoms with E-state index in [0.29, 0.717) is 35.9 Å². The standard InChI is InChI=1S/C26H28FN5O3.2C2H6/c1-31(23-9-4-12-32(26(23)34)18-6-2-5-17(27)15-18)25-20-7-3-8-21(20)29-24(30-25)22-16-19(10-11-28-22)35-14-13-33;2*1-2/h2,5-6,10-11,15-16,23,33H,3-4,7-9,12-14H2,1H3;2*1-2H3. The van der Waals surface area contributed by atoms with Crippen molar-refractivity contribution in [3.05, 3.63) is 59.7 Å². The van der Waals surface area contributed by atoms with E-state index in [9.17, 15) is 9.18 Å². The summed E-state index contributed by atoms with van der Waals surface area (Å²) >= 11 is 0. The minimum absolute atomic E-state index is 0.0613. The minimum atomic E-state index is -0.411. The molecule has 9 heteroatoms. The summed E-state index contributed by atoms with van der Waals surface area (Å²) in [6.45, 7) is 8.67. The normalized spacial score (nSPS) is 15.9. The Morgan fingerprint density at radius 3 is 2.64 bits per heavy atom. The van der Waals surface area contributed by atoms with E-state index in [-0.39, 0.29) is 24.9 Å². The number of aliphatic hydroxyl groups is 1. The van der Waals surface area contributed by atoms with Crippen LogP contribution in [0.2, 0.25) is 0 Å². The molecule has 0 spiro atoms. The Morgan fingerprint density at radius 1 is 1.10 bits per heavy atom. The Kier molecular flexibility index (Phi) is 11.2. The molecule has 0 saturated carbocycles. The fourth-order valence-corrected chi connectivity index (χ4v) is 4.87. The smallest absolute Gasteiger partial charge is 0.249 e. The van der Waals surface area contributed by atoms with Crippen LogP contribution < -0.4 is 14.5 Å². The number of hydrogen-bond acceptors (Lipinski definition) is 7. The number of nitrogens with zero attached hydrogens (tertiary/aromatic N) is 5. The van der Waals surface area contributed by atoms with Crippen LogP contribution in [0.1, 0.15) is 58.2 Å². The fourth-order valence-electron chi connectivity index (χ4n) is 4.87. The molecular formula is C30H40FN5O3. The van der Waals surface area contributed by atoms with Crippen LogP contribution in [0.25, 0.3) is 11.5 Å². The number of fused-ring (bicyclic) bond motifs is 1. The Hall–Kier alpha value is -3.59. The maximum Gasteiger partial charge on any atom is 0.249 e. The maximum atomic E-state index is 13.8. The van der Waals surface area contributed by atoms with E-state index in [1.165, 1.54) is 12.1 Å². The first-order valence-electron chi connectivity index (χ1n) is 13.9. The van der Waals surface area contributed by atoms with Crippen molar-refractivity contribution in [3.8, 4) is 17.3 Å². The second kappa shape index (κ2) is 14.5. The van der Waals surface area contributed by atoms with Crippen LogP contribution in [-0.4, -0.2) is 58.8 Å². The molecule has 3 heterocycles. The molecule has 3 aromatic rings. The van der Waals surface area contributed by atoms with Crippen LogP contribution in [-0.2, 0) is 17.6 Å². The van der Waals surface area contributed by atoms with E-state index >= 15 is 0 Å². The predicted octanol–water partition coefficient (Wildman–Crippen LogP) is 5.22. The Bertz CT molecular complexity index is 1240. The maximum absolute atomic E-state index is 13.8. The Balaban J connectivity index is 0.00000100. The van der Waals surface area contributed by atoms with Gasteiger partial charge in [-0.3, -0.25) is 9.78 Å². The lowest BCUT2D eigenvalue weighted by Gasteiger charge is -2.38. The lowest BCUT2D eigenvalue weighted by Crippen LogP contribution is -2.52. The monoisotopic (exact) mass is 537 g/mol. The molecule has 1 fully saturated rings. The summed E-state index contributed by atoms with van der Waals surface area (Å²) in [5.41, 5.74) is 3.19. The molecule has 1 aromatic carbocycles. The number of ether oxygens (including phenoxy) is 1. The zero-order valence-electron chi connectivity index (χ0n) is 23.7. The number of aryl methyl sites for hydroxylation is 1. The molecule has 8 nitrogen and oxygen atoms in total. The number of halogens is 1. The van der Waals surface area contributed by atoms with Gasteiger partial charge < -0.3 is 19.6 Å². The molecule has 210 valence electrons. The van der Waals surface area contributed by atoms with Gasteiger partial charge in [0.15, 0.2) is 5.82 Å². The van der Waals surface area contributed by atoms with Gasteiger partial charge in [0.2, 0.25) is 5.91 Å². The first-order chi connectivity index (χ1) is 19.0. The van der Waals surface area contributed by atoms with E-state index in [1.54, 1.807) is 35.4 Å². The van der Waals surface area contributed by atoms with E-state index in [1.807, 2.05) is 39.6 Å². The van der Waals surface area contributed by atoms with Crippen molar-refractivity contribution in [1.29, 1.82) is 0 Å². The zero-order valence-corrected chi connectivity index (χ0v) is 23.7. The summed E-state index contributed by atoms with van der Waals surface area (Å²) in [6.07, 6.45) is 5.82. The molecule has 1 unspecified atom stereocenters. The average molecular weight is 538 g/mol. The molecule has 0 bridgehead atoms. The van der Waals surface area contributed by atoms with Crippen molar-refractivity contribution in [2.24, 2.45) is 0 Å². The van der Waals surface area contributed by atoms with Crippen molar-refractivity contribution in [2.75, 3.05) is 36.6 Å². The number of aliphatic hydroxyl groups excluding tert-OH is 1. The van der Waals surface area contributed by atoms with Gasteiger partial charge in [-0.1, -0.05) is 33.8 Å². The van der Waals surface area contributed by atoms with Crippen LogP contribution in [0.5, 0.6) is 5.75 Å². The molecular weight excluding hydrogens is 497 g/mol. The van der Waals surface area contributed by atoms with Gasteiger partial charge in [-0.25, -0.2) is 14.4 Å². The number of anilines is 2. The molecule has 1 atom stereocenters. The topological polar surface area (TPSA) is 91.7 Å². The van der Waals surface area contributed by atoms with E-state index < -0.39 is 6.04 Å². The highest BCUT2D eigenvalue weighted by atomic mass is 19.1. The highest BCUT2D eigenvalue weighted by Gasteiger charge is 2.35. The van der Waals surface area contributed by atoms with Gasteiger partial charge in [0.1, 0.15) is 35.7 Å². The number of likely N-dealkylation sites (N-methyl/N-ethyl adjacent to an activating group) is 1. The Labute approximate surface area is 230 Å². The van der Waals surface area contributed by atoms with Crippen molar-refractivity contribution in [2.45, 2.75) is 65.8 Å². The number of aromatic nitrogens is 3. The number of carbonyl (C=O) groups is 1. The lowest BCUT2D eigenvalue weighted by atomic mass is 10.0. The van der Waals surface area contributed by atoms with Gasteiger partial charge in [-0.15, -0.1) is 0 Å². The van der Waals surface area contributed by atoms with Gasteiger partial charge in [0.25, 0.3) is 0 Å². The number of amides is 1. The second-order valence-electron chi connectivity index (χ2n) is 8.84. The molecule has 2 aliphatic rings. The number of rotatable bonds is 7.